The summed E-state index contributed by atoms with van der Waals surface area (Å²) in [4.78, 5) is 44.6. The van der Waals surface area contributed by atoms with Gasteiger partial charge in [0.1, 0.15) is 11.9 Å². The lowest BCUT2D eigenvalue weighted by Crippen LogP contribution is -2.47. The van der Waals surface area contributed by atoms with E-state index in [4.69, 9.17) is 11.6 Å². The van der Waals surface area contributed by atoms with Gasteiger partial charge in [0.2, 0.25) is 0 Å². The minimum absolute atomic E-state index is 0.122. The van der Waals surface area contributed by atoms with Crippen molar-refractivity contribution in [2.75, 3.05) is 50.0 Å². The van der Waals surface area contributed by atoms with Crippen molar-refractivity contribution in [2.45, 2.75) is 12.5 Å². The summed E-state index contributed by atoms with van der Waals surface area (Å²) in [6, 6.07) is 17.1. The van der Waals surface area contributed by atoms with Crippen LogP contribution in [0.15, 0.2) is 72.9 Å². The molecule has 1 aromatic heterocycles. The summed E-state index contributed by atoms with van der Waals surface area (Å²) in [5, 5.41) is 20.1. The van der Waals surface area contributed by atoms with Crippen LogP contribution in [-0.2, 0) is 18.3 Å². The van der Waals surface area contributed by atoms with Crippen molar-refractivity contribution in [1.29, 1.82) is 0 Å². The van der Waals surface area contributed by atoms with E-state index < -0.39 is 12.0 Å². The first-order chi connectivity index (χ1) is 21.6. The molecule has 1 unspecified atom stereocenters. The van der Waals surface area contributed by atoms with Gasteiger partial charge in [0.15, 0.2) is 5.69 Å². The quantitative estimate of drug-likeness (QED) is 0.336. The van der Waals surface area contributed by atoms with Crippen LogP contribution in [0.25, 0.3) is 0 Å². The summed E-state index contributed by atoms with van der Waals surface area (Å²) in [6.07, 6.45) is 2.15. The van der Waals surface area contributed by atoms with Crippen LogP contribution in [0.1, 0.15) is 38.0 Å². The maximum absolute atomic E-state index is 13.7. The molecule has 45 heavy (non-hydrogen) atoms. The number of piperazine rings is 1. The molecule has 3 heterocycles. The average Bonchev–Trinajstić information content (AvgIpc) is 3.48. The standard InChI is InChI=1S/C26H29N7O4.C6H4ClF/c1-30-12-14-32(15-13-30)22-5-3-4-20-19(22)10-11-33(25(35)21-16-31(2)29-28-21)23(20)24(34)27-18-8-6-17(7-9-18)26(36)37;7-5-3-1-2-4-6(5)8/h3-9,16,23H,10-15H2,1-2H3,(H,27,34)(H,36,37);1-4H. The Morgan fingerprint density at radius 1 is 0.933 bits per heavy atom. The highest BCUT2D eigenvalue weighted by Crippen LogP contribution is 2.37. The average molecular weight is 634 g/mol. The lowest BCUT2D eigenvalue weighted by molar-refractivity contribution is -0.121. The second-order valence-electron chi connectivity index (χ2n) is 10.8. The number of hydrogen-bond acceptors (Lipinski definition) is 7. The topological polar surface area (TPSA) is 124 Å². The van der Waals surface area contributed by atoms with Gasteiger partial charge in [-0.25, -0.2) is 9.18 Å². The molecule has 0 saturated carbocycles. The third-order valence-electron chi connectivity index (χ3n) is 7.80. The molecule has 1 fully saturated rings. The Labute approximate surface area is 264 Å². The molecule has 0 radical (unpaired) electrons. The molecule has 0 spiro atoms. The predicted octanol–water partition coefficient (Wildman–Crippen LogP) is 4.12. The zero-order valence-electron chi connectivity index (χ0n) is 24.9. The lowest BCUT2D eigenvalue weighted by Gasteiger charge is -2.40. The molecule has 2 aliphatic heterocycles. The summed E-state index contributed by atoms with van der Waals surface area (Å²) in [7, 11) is 3.79. The van der Waals surface area contributed by atoms with E-state index in [9.17, 15) is 23.9 Å². The van der Waals surface area contributed by atoms with Crippen LogP contribution in [0.3, 0.4) is 0 Å². The van der Waals surface area contributed by atoms with Gasteiger partial charge in [-0.1, -0.05) is 41.1 Å². The first-order valence-electron chi connectivity index (χ1n) is 14.4. The Bertz CT molecular complexity index is 1670. The molecular formula is C32H33ClFN7O4. The van der Waals surface area contributed by atoms with Crippen molar-refractivity contribution in [2.24, 2.45) is 7.05 Å². The summed E-state index contributed by atoms with van der Waals surface area (Å²) in [5.41, 5.74) is 3.68. The molecule has 0 bridgehead atoms. The van der Waals surface area contributed by atoms with Gasteiger partial charge in [-0.15, -0.1) is 5.10 Å². The molecule has 0 aliphatic carbocycles. The molecule has 1 atom stereocenters. The van der Waals surface area contributed by atoms with E-state index in [-0.39, 0.29) is 33.9 Å². The van der Waals surface area contributed by atoms with Crippen LogP contribution in [0.5, 0.6) is 0 Å². The molecule has 1 saturated heterocycles. The highest BCUT2D eigenvalue weighted by Gasteiger charge is 2.38. The number of nitrogens with zero attached hydrogens (tertiary/aromatic N) is 6. The third kappa shape index (κ3) is 7.30. The van der Waals surface area contributed by atoms with Crippen molar-refractivity contribution in [3.63, 3.8) is 0 Å². The van der Waals surface area contributed by atoms with Gasteiger partial charge in [0.05, 0.1) is 16.8 Å². The Morgan fingerprint density at radius 2 is 1.64 bits per heavy atom. The van der Waals surface area contributed by atoms with Crippen molar-refractivity contribution in [1.82, 2.24) is 24.8 Å². The third-order valence-corrected chi connectivity index (χ3v) is 8.10. The number of anilines is 2. The summed E-state index contributed by atoms with van der Waals surface area (Å²) in [5.74, 6) is -2.16. The maximum atomic E-state index is 13.7. The molecule has 2 N–H and O–H groups in total. The maximum Gasteiger partial charge on any atom is 0.335 e. The number of halogens is 2. The zero-order valence-corrected chi connectivity index (χ0v) is 25.6. The van der Waals surface area contributed by atoms with Crippen LogP contribution >= 0.6 is 11.6 Å². The first kappa shape index (κ1) is 31.6. The second-order valence-corrected chi connectivity index (χ2v) is 11.3. The molecule has 13 heteroatoms. The van der Waals surface area contributed by atoms with E-state index in [1.807, 2.05) is 12.1 Å². The number of fused-ring (bicyclic) bond motifs is 1. The monoisotopic (exact) mass is 633 g/mol. The van der Waals surface area contributed by atoms with Gasteiger partial charge >= 0.3 is 5.97 Å². The molecule has 234 valence electrons. The number of aromatic carboxylic acids is 1. The second kappa shape index (κ2) is 13.9. The van der Waals surface area contributed by atoms with E-state index >= 15 is 0 Å². The molecule has 11 nitrogen and oxygen atoms in total. The SMILES string of the molecule is CN1CCN(c2cccc3c2CCN(C(=O)c2cn(C)nn2)C3C(=O)Nc2ccc(C(=O)O)cc2)CC1.Fc1ccccc1Cl. The molecular weight excluding hydrogens is 601 g/mol. The van der Waals surface area contributed by atoms with E-state index in [1.54, 1.807) is 36.2 Å². The Balaban J connectivity index is 0.000000436. The minimum atomic E-state index is -1.05. The summed E-state index contributed by atoms with van der Waals surface area (Å²) < 4.78 is 13.6. The van der Waals surface area contributed by atoms with E-state index in [2.05, 4.69) is 38.5 Å². The Kier molecular flexibility index (Phi) is 9.74. The van der Waals surface area contributed by atoms with Gasteiger partial charge in [-0.05, 0) is 67.1 Å². The van der Waals surface area contributed by atoms with Crippen LogP contribution in [0, 0.1) is 5.82 Å². The zero-order chi connectivity index (χ0) is 32.1. The van der Waals surface area contributed by atoms with Crippen molar-refractivity contribution in [3.05, 3.63) is 106 Å². The Morgan fingerprint density at radius 3 is 2.24 bits per heavy atom. The lowest BCUT2D eigenvalue weighted by atomic mass is 9.89. The number of aryl methyl sites for hydroxylation is 1. The molecule has 2 amide bonds. The number of rotatable bonds is 5. The molecule has 2 aliphatic rings. The number of nitrogens with one attached hydrogen (secondary N) is 1. The smallest absolute Gasteiger partial charge is 0.335 e. The van der Waals surface area contributed by atoms with Gasteiger partial charge in [0.25, 0.3) is 11.8 Å². The number of hydrogen-bond donors (Lipinski definition) is 2. The van der Waals surface area contributed by atoms with Crippen LogP contribution < -0.4 is 10.2 Å². The molecule has 3 aromatic carbocycles. The number of carboxylic acids is 1. The van der Waals surface area contributed by atoms with Crippen LogP contribution in [-0.4, -0.2) is 87.5 Å². The van der Waals surface area contributed by atoms with Crippen molar-refractivity contribution in [3.8, 4) is 0 Å². The highest BCUT2D eigenvalue weighted by atomic mass is 35.5. The van der Waals surface area contributed by atoms with Gasteiger partial charge in [-0.2, -0.15) is 0 Å². The highest BCUT2D eigenvalue weighted by molar-refractivity contribution is 6.30. The minimum Gasteiger partial charge on any atom is -0.478 e. The largest absolute Gasteiger partial charge is 0.478 e. The van der Waals surface area contributed by atoms with Gasteiger partial charge in [-0.3, -0.25) is 14.3 Å². The Hall–Kier alpha value is -4.81. The van der Waals surface area contributed by atoms with Gasteiger partial charge < -0.3 is 25.1 Å². The van der Waals surface area contributed by atoms with Crippen molar-refractivity contribution >= 4 is 40.8 Å². The van der Waals surface area contributed by atoms with Crippen molar-refractivity contribution < 1.29 is 23.9 Å². The fourth-order valence-corrected chi connectivity index (χ4v) is 5.57. The number of amides is 2. The normalized spacial score (nSPS) is 16.3. The first-order valence-corrected chi connectivity index (χ1v) is 14.8. The van der Waals surface area contributed by atoms with E-state index in [1.165, 1.54) is 35.1 Å². The predicted molar refractivity (Wildman–Crippen MR) is 168 cm³/mol. The fraction of sp³-hybridized carbons (Fsp3) is 0.281. The summed E-state index contributed by atoms with van der Waals surface area (Å²) >= 11 is 5.33. The molecule has 4 aromatic rings. The van der Waals surface area contributed by atoms with Gasteiger partial charge in [0, 0.05) is 51.1 Å². The fourth-order valence-electron chi connectivity index (χ4n) is 5.43. The van der Waals surface area contributed by atoms with E-state index in [0.717, 1.165) is 43.0 Å². The molecule has 6 rings (SSSR count). The van der Waals surface area contributed by atoms with E-state index in [0.29, 0.717) is 18.7 Å². The number of carboxylic acid groups (broad SMARTS) is 1. The number of carbonyl (C=O) groups excluding carboxylic acids is 2. The summed E-state index contributed by atoms with van der Waals surface area (Å²) in [6.45, 7) is 4.04. The number of benzene rings is 3. The number of likely N-dealkylation sites (N-methyl/N-ethyl adjacent to an activating group) is 1. The number of aromatic nitrogens is 3. The number of carbonyl (C=O) groups is 3. The van der Waals surface area contributed by atoms with Crippen LogP contribution in [0.4, 0.5) is 15.8 Å². The van der Waals surface area contributed by atoms with Crippen LogP contribution in [0.2, 0.25) is 5.02 Å².